The van der Waals surface area contributed by atoms with Gasteiger partial charge in [0.2, 0.25) is 0 Å². The Morgan fingerprint density at radius 1 is 1.12 bits per heavy atom. The molecule has 0 aromatic heterocycles. The molecule has 2 aromatic carbocycles. The smallest absolute Gasteiger partial charge is 0.335 e. The Balaban J connectivity index is 2.47. The lowest BCUT2D eigenvalue weighted by molar-refractivity contribution is 0.0696. The van der Waals surface area contributed by atoms with Crippen LogP contribution in [-0.2, 0) is 10.0 Å². The van der Waals surface area contributed by atoms with Gasteiger partial charge in [0, 0.05) is 13.1 Å². The zero-order valence-corrected chi connectivity index (χ0v) is 15.9. The molecule has 0 bridgehead atoms. The highest BCUT2D eigenvalue weighted by molar-refractivity contribution is 7.92. The molecule has 2 aromatic rings. The summed E-state index contributed by atoms with van der Waals surface area (Å²) in [7, 11) is -2.41. The van der Waals surface area contributed by atoms with Crippen LogP contribution in [0.5, 0.6) is 5.75 Å². The number of carbonyl (C=O) groups is 1. The second-order valence-corrected chi connectivity index (χ2v) is 7.83. The van der Waals surface area contributed by atoms with Gasteiger partial charge in [0.1, 0.15) is 5.75 Å². The second-order valence-electron chi connectivity index (χ2n) is 5.86. The van der Waals surface area contributed by atoms with Gasteiger partial charge in [0.15, 0.2) is 0 Å². The third kappa shape index (κ3) is 4.35. The van der Waals surface area contributed by atoms with Crippen molar-refractivity contribution in [1.82, 2.24) is 0 Å². The first-order chi connectivity index (χ1) is 12.3. The zero-order chi connectivity index (χ0) is 19.3. The first kappa shape index (κ1) is 19.8. The summed E-state index contributed by atoms with van der Waals surface area (Å²) in [5.41, 5.74) is 0.202. The third-order valence-electron chi connectivity index (χ3n) is 4.12. The quantitative estimate of drug-likeness (QED) is 0.757. The van der Waals surface area contributed by atoms with E-state index < -0.39 is 16.0 Å². The van der Waals surface area contributed by atoms with Gasteiger partial charge in [-0.15, -0.1) is 0 Å². The Kier molecular flexibility index (Phi) is 6.26. The molecule has 0 aliphatic heterocycles. The van der Waals surface area contributed by atoms with Crippen molar-refractivity contribution in [3.05, 3.63) is 54.1 Å². The summed E-state index contributed by atoms with van der Waals surface area (Å²) < 4.78 is 32.5. The minimum Gasteiger partial charge on any atom is -0.490 e. The summed E-state index contributed by atoms with van der Waals surface area (Å²) in [5.74, 6) is -0.810. The van der Waals surface area contributed by atoms with Crippen LogP contribution in [0.3, 0.4) is 0 Å². The molecule has 1 N–H and O–H groups in total. The maximum absolute atomic E-state index is 12.8. The molecule has 26 heavy (non-hydrogen) atoms. The van der Waals surface area contributed by atoms with E-state index in [2.05, 4.69) is 0 Å². The van der Waals surface area contributed by atoms with Crippen molar-refractivity contribution in [3.63, 3.8) is 0 Å². The number of ether oxygens (including phenoxy) is 1. The number of rotatable bonds is 8. The van der Waals surface area contributed by atoms with Crippen LogP contribution in [0.2, 0.25) is 0 Å². The standard InChI is InChI=1S/C19H23NO5S/c1-4-16(5-2)25-17-12-14(19(21)22)11-15(13-17)20(3)26(23,24)18-9-7-6-8-10-18/h6-13,16H,4-5H2,1-3H3,(H,21,22). The number of carboxylic acids is 1. The van der Waals surface area contributed by atoms with Gasteiger partial charge in [-0.05, 0) is 37.1 Å². The summed E-state index contributed by atoms with van der Waals surface area (Å²) >= 11 is 0. The van der Waals surface area contributed by atoms with E-state index in [0.29, 0.717) is 5.75 Å². The lowest BCUT2D eigenvalue weighted by Gasteiger charge is -2.22. The van der Waals surface area contributed by atoms with E-state index >= 15 is 0 Å². The summed E-state index contributed by atoms with van der Waals surface area (Å²) in [5, 5.41) is 9.36. The van der Waals surface area contributed by atoms with Crippen LogP contribution in [0, 0.1) is 0 Å². The van der Waals surface area contributed by atoms with Gasteiger partial charge >= 0.3 is 5.97 Å². The number of sulfonamides is 1. The molecule has 0 heterocycles. The normalized spacial score (nSPS) is 11.4. The molecular weight excluding hydrogens is 354 g/mol. The number of nitrogens with zero attached hydrogens (tertiary/aromatic N) is 1. The molecule has 2 rings (SSSR count). The molecule has 0 saturated carbocycles. The molecule has 7 heteroatoms. The topological polar surface area (TPSA) is 83.9 Å². The van der Waals surface area contributed by atoms with E-state index in [1.54, 1.807) is 24.3 Å². The maximum atomic E-state index is 12.8. The van der Waals surface area contributed by atoms with Crippen LogP contribution in [0.15, 0.2) is 53.4 Å². The Labute approximate surface area is 154 Å². The monoisotopic (exact) mass is 377 g/mol. The van der Waals surface area contributed by atoms with Crippen LogP contribution in [0.25, 0.3) is 0 Å². The van der Waals surface area contributed by atoms with Crippen molar-refractivity contribution in [2.24, 2.45) is 0 Å². The summed E-state index contributed by atoms with van der Waals surface area (Å²) in [6.07, 6.45) is 1.46. The van der Waals surface area contributed by atoms with Crippen molar-refractivity contribution in [1.29, 1.82) is 0 Å². The predicted octanol–water partition coefficient (Wildman–Crippen LogP) is 3.78. The Morgan fingerprint density at radius 3 is 2.27 bits per heavy atom. The molecule has 0 amide bonds. The van der Waals surface area contributed by atoms with Gasteiger partial charge in [-0.3, -0.25) is 4.31 Å². The van der Waals surface area contributed by atoms with Gasteiger partial charge in [-0.1, -0.05) is 32.0 Å². The number of hydrogen-bond acceptors (Lipinski definition) is 4. The van der Waals surface area contributed by atoms with Gasteiger partial charge in [-0.25, -0.2) is 13.2 Å². The number of benzene rings is 2. The Bertz CT molecular complexity index is 861. The van der Waals surface area contributed by atoms with E-state index in [9.17, 15) is 18.3 Å². The van der Waals surface area contributed by atoms with Crippen LogP contribution < -0.4 is 9.04 Å². The first-order valence-corrected chi connectivity index (χ1v) is 9.82. The van der Waals surface area contributed by atoms with E-state index in [1.807, 2.05) is 13.8 Å². The Morgan fingerprint density at radius 2 is 1.73 bits per heavy atom. The maximum Gasteiger partial charge on any atom is 0.335 e. The minimum absolute atomic E-state index is 0.0291. The number of carboxylic acid groups (broad SMARTS) is 1. The van der Waals surface area contributed by atoms with Crippen molar-refractivity contribution >= 4 is 21.7 Å². The zero-order valence-electron chi connectivity index (χ0n) is 15.0. The third-order valence-corrected chi connectivity index (χ3v) is 5.92. The molecule has 0 unspecified atom stereocenters. The largest absolute Gasteiger partial charge is 0.490 e. The lowest BCUT2D eigenvalue weighted by Crippen LogP contribution is -2.27. The summed E-state index contributed by atoms with van der Waals surface area (Å²) in [6, 6.07) is 12.3. The molecular formula is C19H23NO5S. The fourth-order valence-electron chi connectivity index (χ4n) is 2.49. The van der Waals surface area contributed by atoms with Crippen LogP contribution in [0.1, 0.15) is 37.0 Å². The first-order valence-electron chi connectivity index (χ1n) is 8.38. The SMILES string of the molecule is CCC(CC)Oc1cc(C(=O)O)cc(N(C)S(=O)(=O)c2ccccc2)c1. The Hall–Kier alpha value is -2.54. The van der Waals surface area contributed by atoms with Gasteiger partial charge in [0.25, 0.3) is 10.0 Å². The van der Waals surface area contributed by atoms with Gasteiger partial charge in [0.05, 0.1) is 22.3 Å². The molecule has 6 nitrogen and oxygen atoms in total. The fraction of sp³-hybridized carbons (Fsp3) is 0.316. The van der Waals surface area contributed by atoms with Crippen LogP contribution in [0.4, 0.5) is 5.69 Å². The van der Waals surface area contributed by atoms with Crippen molar-refractivity contribution in [2.45, 2.75) is 37.7 Å². The van der Waals surface area contributed by atoms with Crippen molar-refractivity contribution in [3.8, 4) is 5.75 Å². The summed E-state index contributed by atoms with van der Waals surface area (Å²) in [6.45, 7) is 3.95. The highest BCUT2D eigenvalue weighted by Gasteiger charge is 2.23. The van der Waals surface area contributed by atoms with Crippen LogP contribution in [-0.4, -0.2) is 32.6 Å². The molecule has 0 radical (unpaired) electrons. The van der Waals surface area contributed by atoms with Crippen molar-refractivity contribution in [2.75, 3.05) is 11.4 Å². The van der Waals surface area contributed by atoms with Gasteiger partial charge in [-0.2, -0.15) is 0 Å². The highest BCUT2D eigenvalue weighted by Crippen LogP contribution is 2.29. The molecule has 140 valence electrons. The average Bonchev–Trinajstić information content (AvgIpc) is 2.65. The second kappa shape index (κ2) is 8.23. The average molecular weight is 377 g/mol. The fourth-order valence-corrected chi connectivity index (χ4v) is 3.69. The number of anilines is 1. The predicted molar refractivity (Wildman–Crippen MR) is 100 cm³/mol. The van der Waals surface area contributed by atoms with Crippen LogP contribution >= 0.6 is 0 Å². The van der Waals surface area contributed by atoms with E-state index in [4.69, 9.17) is 4.74 Å². The molecule has 0 aliphatic carbocycles. The molecule has 0 spiro atoms. The molecule has 0 saturated heterocycles. The van der Waals surface area contributed by atoms with E-state index in [-0.39, 0.29) is 22.3 Å². The van der Waals surface area contributed by atoms with E-state index in [1.165, 1.54) is 31.3 Å². The van der Waals surface area contributed by atoms with E-state index in [0.717, 1.165) is 17.1 Å². The number of hydrogen-bond donors (Lipinski definition) is 1. The molecule has 0 aliphatic rings. The van der Waals surface area contributed by atoms with Gasteiger partial charge < -0.3 is 9.84 Å². The lowest BCUT2D eigenvalue weighted by atomic mass is 10.1. The molecule has 0 fully saturated rings. The summed E-state index contributed by atoms with van der Waals surface area (Å²) in [4.78, 5) is 11.6. The molecule has 0 atom stereocenters. The number of aromatic carboxylic acids is 1. The highest BCUT2D eigenvalue weighted by atomic mass is 32.2. The van der Waals surface area contributed by atoms with Crippen molar-refractivity contribution < 1.29 is 23.1 Å². The minimum atomic E-state index is -3.81.